The maximum atomic E-state index is 10.9. The summed E-state index contributed by atoms with van der Waals surface area (Å²) in [6.45, 7) is 3.25. The fourth-order valence-corrected chi connectivity index (χ4v) is 4.45. The second-order valence-electron chi connectivity index (χ2n) is 7.48. The third-order valence-electron chi connectivity index (χ3n) is 5.76. The molecule has 0 bridgehead atoms. The van der Waals surface area contributed by atoms with Crippen molar-refractivity contribution in [3.63, 3.8) is 0 Å². The van der Waals surface area contributed by atoms with Gasteiger partial charge in [-0.1, -0.05) is 66.7 Å². The molecule has 2 nitrogen and oxygen atoms in total. The van der Waals surface area contributed by atoms with E-state index < -0.39 is 0 Å². The molecule has 0 aromatic heterocycles. The monoisotopic (exact) mass is 353 g/mol. The lowest BCUT2D eigenvalue weighted by atomic mass is 9.89. The topological polar surface area (TPSA) is 23.5 Å². The molecule has 1 N–H and O–H groups in total. The van der Waals surface area contributed by atoms with Gasteiger partial charge in [0.2, 0.25) is 0 Å². The molecule has 0 saturated carbocycles. The predicted molar refractivity (Wildman–Crippen MR) is 113 cm³/mol. The van der Waals surface area contributed by atoms with E-state index in [4.69, 9.17) is 0 Å². The van der Waals surface area contributed by atoms with Gasteiger partial charge in [0.15, 0.2) is 0 Å². The first kappa shape index (κ1) is 16.3. The molecular weight excluding hydrogens is 330 g/mol. The van der Waals surface area contributed by atoms with Crippen molar-refractivity contribution in [1.29, 1.82) is 0 Å². The Morgan fingerprint density at radius 2 is 1.26 bits per heavy atom. The van der Waals surface area contributed by atoms with E-state index in [1.165, 1.54) is 34.7 Å². The van der Waals surface area contributed by atoms with Crippen LogP contribution < -0.4 is 0 Å². The number of likely N-dealkylation sites (tertiary alicyclic amines) is 1. The third kappa shape index (κ3) is 2.87. The molecule has 2 heteroatoms. The minimum Gasteiger partial charge on any atom is -0.507 e. The Morgan fingerprint density at radius 3 is 1.96 bits per heavy atom. The molecule has 1 saturated heterocycles. The number of aromatic hydroxyl groups is 1. The van der Waals surface area contributed by atoms with Gasteiger partial charge in [0.25, 0.3) is 0 Å². The van der Waals surface area contributed by atoms with Crippen LogP contribution in [-0.4, -0.2) is 23.1 Å². The van der Waals surface area contributed by atoms with E-state index in [1.54, 1.807) is 0 Å². The highest BCUT2D eigenvalue weighted by Gasteiger charge is 2.19. The van der Waals surface area contributed by atoms with Gasteiger partial charge in [0, 0.05) is 12.1 Å². The van der Waals surface area contributed by atoms with E-state index in [1.807, 2.05) is 12.1 Å². The third-order valence-corrected chi connectivity index (χ3v) is 5.76. The second-order valence-corrected chi connectivity index (χ2v) is 7.48. The molecule has 4 aromatic rings. The fourth-order valence-electron chi connectivity index (χ4n) is 4.45. The number of phenolic OH excluding ortho intramolecular Hbond substituents is 1. The van der Waals surface area contributed by atoms with Crippen LogP contribution >= 0.6 is 0 Å². The van der Waals surface area contributed by atoms with Crippen molar-refractivity contribution in [2.45, 2.75) is 19.4 Å². The first-order chi connectivity index (χ1) is 13.3. The quantitative estimate of drug-likeness (QED) is 0.491. The van der Waals surface area contributed by atoms with Crippen LogP contribution in [-0.2, 0) is 6.54 Å². The Balaban J connectivity index is 1.82. The van der Waals surface area contributed by atoms with Crippen LogP contribution in [0, 0.1) is 0 Å². The molecule has 27 heavy (non-hydrogen) atoms. The Labute approximate surface area is 159 Å². The normalized spacial score (nSPS) is 15.0. The lowest BCUT2D eigenvalue weighted by Gasteiger charge is -2.21. The van der Waals surface area contributed by atoms with Crippen LogP contribution in [0.3, 0.4) is 0 Å². The van der Waals surface area contributed by atoms with Crippen molar-refractivity contribution in [3.8, 4) is 16.9 Å². The lowest BCUT2D eigenvalue weighted by Crippen LogP contribution is -2.18. The standard InChI is InChI=1S/C25H23NO/c27-23-14-13-19-8-2-4-10-22(19)25(23)24-20(17-26-15-5-6-16-26)12-11-18-7-1-3-9-21(18)24/h1-4,7-14,27H,5-6,15-17H2. The first-order valence-electron chi connectivity index (χ1n) is 9.75. The summed E-state index contributed by atoms with van der Waals surface area (Å²) in [5.41, 5.74) is 3.43. The van der Waals surface area contributed by atoms with Crippen molar-refractivity contribution in [3.05, 3.63) is 78.4 Å². The minimum atomic E-state index is 0.354. The highest BCUT2D eigenvalue weighted by molar-refractivity contribution is 6.08. The molecule has 1 heterocycles. The number of hydrogen-bond acceptors (Lipinski definition) is 2. The molecule has 1 aliphatic heterocycles. The van der Waals surface area contributed by atoms with Gasteiger partial charge in [0.1, 0.15) is 5.75 Å². The van der Waals surface area contributed by atoms with Crippen molar-refractivity contribution in [2.75, 3.05) is 13.1 Å². The van der Waals surface area contributed by atoms with E-state index in [9.17, 15) is 5.11 Å². The zero-order chi connectivity index (χ0) is 18.2. The smallest absolute Gasteiger partial charge is 0.124 e. The average molecular weight is 353 g/mol. The van der Waals surface area contributed by atoms with Crippen LogP contribution in [0.4, 0.5) is 0 Å². The summed E-state index contributed by atoms with van der Waals surface area (Å²) >= 11 is 0. The lowest BCUT2D eigenvalue weighted by molar-refractivity contribution is 0.332. The predicted octanol–water partition coefficient (Wildman–Crippen LogP) is 5.96. The SMILES string of the molecule is Oc1ccc2ccccc2c1-c1c(CN2CCCC2)ccc2ccccc12. The van der Waals surface area contributed by atoms with Gasteiger partial charge in [-0.15, -0.1) is 0 Å². The van der Waals surface area contributed by atoms with Gasteiger partial charge < -0.3 is 5.11 Å². The molecule has 1 aliphatic rings. The van der Waals surface area contributed by atoms with Crippen molar-refractivity contribution >= 4 is 21.5 Å². The van der Waals surface area contributed by atoms with Crippen LogP contribution in [0.5, 0.6) is 5.75 Å². The Bertz CT molecular complexity index is 1130. The van der Waals surface area contributed by atoms with Crippen molar-refractivity contribution in [2.24, 2.45) is 0 Å². The highest BCUT2D eigenvalue weighted by atomic mass is 16.3. The van der Waals surface area contributed by atoms with E-state index in [2.05, 4.69) is 65.6 Å². The van der Waals surface area contributed by atoms with Crippen LogP contribution in [0.25, 0.3) is 32.7 Å². The second kappa shape index (κ2) is 6.71. The molecule has 5 rings (SSSR count). The molecule has 0 unspecified atom stereocenters. The largest absolute Gasteiger partial charge is 0.507 e. The molecule has 0 amide bonds. The van der Waals surface area contributed by atoms with E-state index in [0.717, 1.165) is 36.0 Å². The van der Waals surface area contributed by atoms with Gasteiger partial charge in [-0.25, -0.2) is 0 Å². The first-order valence-corrected chi connectivity index (χ1v) is 9.75. The molecular formula is C25H23NO. The van der Waals surface area contributed by atoms with Gasteiger partial charge in [-0.2, -0.15) is 0 Å². The summed E-state index contributed by atoms with van der Waals surface area (Å²) in [6.07, 6.45) is 2.56. The maximum Gasteiger partial charge on any atom is 0.124 e. The minimum absolute atomic E-state index is 0.354. The van der Waals surface area contributed by atoms with Crippen LogP contribution in [0.2, 0.25) is 0 Å². The zero-order valence-corrected chi connectivity index (χ0v) is 15.4. The van der Waals surface area contributed by atoms with Crippen molar-refractivity contribution in [1.82, 2.24) is 4.90 Å². The van der Waals surface area contributed by atoms with Gasteiger partial charge in [0.05, 0.1) is 0 Å². The van der Waals surface area contributed by atoms with Crippen molar-refractivity contribution < 1.29 is 5.11 Å². The molecule has 0 spiro atoms. The van der Waals surface area contributed by atoms with Gasteiger partial charge >= 0.3 is 0 Å². The number of benzene rings is 4. The van der Waals surface area contributed by atoms with Gasteiger partial charge in [-0.3, -0.25) is 4.90 Å². The highest BCUT2D eigenvalue weighted by Crippen LogP contribution is 2.42. The molecule has 134 valence electrons. The average Bonchev–Trinajstić information content (AvgIpc) is 3.22. The summed E-state index contributed by atoms with van der Waals surface area (Å²) in [6, 6.07) is 25.1. The van der Waals surface area contributed by atoms with Crippen LogP contribution in [0.15, 0.2) is 72.8 Å². The number of phenols is 1. The molecule has 0 aliphatic carbocycles. The Hall–Kier alpha value is -2.84. The number of fused-ring (bicyclic) bond motifs is 2. The zero-order valence-electron chi connectivity index (χ0n) is 15.4. The molecule has 0 atom stereocenters. The summed E-state index contributed by atoms with van der Waals surface area (Å²) in [7, 11) is 0. The Kier molecular flexibility index (Phi) is 4.06. The molecule has 0 radical (unpaired) electrons. The number of hydrogen-bond donors (Lipinski definition) is 1. The fraction of sp³-hybridized carbons (Fsp3) is 0.200. The van der Waals surface area contributed by atoms with E-state index in [-0.39, 0.29) is 0 Å². The summed E-state index contributed by atoms with van der Waals surface area (Å²) in [5, 5.41) is 15.6. The van der Waals surface area contributed by atoms with Gasteiger partial charge in [-0.05, 0) is 64.7 Å². The molecule has 4 aromatic carbocycles. The van der Waals surface area contributed by atoms with E-state index in [0.29, 0.717) is 5.75 Å². The summed E-state index contributed by atoms with van der Waals surface area (Å²) in [5.74, 6) is 0.354. The van der Waals surface area contributed by atoms with E-state index >= 15 is 0 Å². The molecule has 1 fully saturated rings. The summed E-state index contributed by atoms with van der Waals surface area (Å²) < 4.78 is 0. The summed E-state index contributed by atoms with van der Waals surface area (Å²) in [4.78, 5) is 2.52. The van der Waals surface area contributed by atoms with Crippen LogP contribution in [0.1, 0.15) is 18.4 Å². The number of nitrogens with zero attached hydrogens (tertiary/aromatic N) is 1. The number of rotatable bonds is 3. The Morgan fingerprint density at radius 1 is 0.667 bits per heavy atom. The maximum absolute atomic E-state index is 10.9.